The fourth-order valence-electron chi connectivity index (χ4n) is 2.13. The summed E-state index contributed by atoms with van der Waals surface area (Å²) in [5, 5.41) is 9.91. The maximum Gasteiger partial charge on any atom is 0.337 e. The first-order chi connectivity index (χ1) is 10.6. The summed E-state index contributed by atoms with van der Waals surface area (Å²) in [5.41, 5.74) is 2.63. The summed E-state index contributed by atoms with van der Waals surface area (Å²) in [5.74, 6) is -1.03. The summed E-state index contributed by atoms with van der Waals surface area (Å²) in [7, 11) is 0. The number of aromatic nitrogens is 2. The predicted octanol–water partition coefficient (Wildman–Crippen LogP) is 4.16. The molecule has 3 aromatic rings. The van der Waals surface area contributed by atoms with Crippen molar-refractivity contribution < 1.29 is 9.90 Å². The van der Waals surface area contributed by atoms with Crippen molar-refractivity contribution in [1.82, 2.24) is 9.97 Å². The molecule has 2 aromatic heterocycles. The lowest BCUT2D eigenvalue weighted by Crippen LogP contribution is -2.02. The molecule has 3 rings (SSSR count). The topological polar surface area (TPSA) is 63.1 Å². The van der Waals surface area contributed by atoms with Crippen LogP contribution in [-0.4, -0.2) is 21.0 Å². The van der Waals surface area contributed by atoms with E-state index >= 15 is 0 Å². The summed E-state index contributed by atoms with van der Waals surface area (Å²) in [6.45, 7) is 0. The van der Waals surface area contributed by atoms with Crippen LogP contribution in [0.4, 0.5) is 0 Å². The smallest absolute Gasteiger partial charge is 0.337 e. The van der Waals surface area contributed by atoms with Crippen LogP contribution < -0.4 is 0 Å². The molecule has 0 bridgehead atoms. The van der Waals surface area contributed by atoms with Gasteiger partial charge in [0.15, 0.2) is 0 Å². The molecule has 0 radical (unpaired) electrons. The molecule has 108 valence electrons. The van der Waals surface area contributed by atoms with Crippen molar-refractivity contribution >= 4 is 17.6 Å². The van der Waals surface area contributed by atoms with Gasteiger partial charge >= 0.3 is 5.97 Å². The van der Waals surface area contributed by atoms with Gasteiger partial charge in [-0.1, -0.05) is 29.8 Å². The second kappa shape index (κ2) is 5.95. The number of halogens is 1. The van der Waals surface area contributed by atoms with Crippen LogP contribution in [0.2, 0.25) is 5.02 Å². The van der Waals surface area contributed by atoms with Crippen molar-refractivity contribution in [3.05, 3.63) is 71.4 Å². The van der Waals surface area contributed by atoms with Gasteiger partial charge in [-0.3, -0.25) is 4.98 Å². The third kappa shape index (κ3) is 2.82. The molecule has 1 aromatic carbocycles. The molecular weight excluding hydrogens is 300 g/mol. The van der Waals surface area contributed by atoms with E-state index in [2.05, 4.69) is 9.97 Å². The van der Waals surface area contributed by atoms with E-state index in [4.69, 9.17) is 11.6 Å². The van der Waals surface area contributed by atoms with E-state index in [1.165, 1.54) is 6.07 Å². The minimum Gasteiger partial charge on any atom is -0.478 e. The Bertz CT molecular complexity index is 832. The summed E-state index contributed by atoms with van der Waals surface area (Å²) in [6.07, 6.45) is 1.55. The molecule has 4 nitrogen and oxygen atoms in total. The largest absolute Gasteiger partial charge is 0.478 e. The predicted molar refractivity (Wildman–Crippen MR) is 84.9 cm³/mol. The molecule has 5 heteroatoms. The van der Waals surface area contributed by atoms with E-state index in [1.54, 1.807) is 30.5 Å². The molecule has 0 amide bonds. The minimum atomic E-state index is -1.03. The zero-order valence-electron chi connectivity index (χ0n) is 11.4. The molecule has 0 saturated carbocycles. The molecule has 1 N–H and O–H groups in total. The SMILES string of the molecule is O=C(O)c1cccnc1-c1cccc(-c2ccc(Cl)cc2)n1. The first kappa shape index (κ1) is 14.2. The lowest BCUT2D eigenvalue weighted by Gasteiger charge is -2.07. The number of nitrogens with zero attached hydrogens (tertiary/aromatic N) is 2. The molecule has 0 saturated heterocycles. The molecule has 0 atom stereocenters. The van der Waals surface area contributed by atoms with E-state index in [0.29, 0.717) is 16.4 Å². The van der Waals surface area contributed by atoms with E-state index < -0.39 is 5.97 Å². The van der Waals surface area contributed by atoms with E-state index in [9.17, 15) is 9.90 Å². The van der Waals surface area contributed by atoms with Crippen LogP contribution in [0.25, 0.3) is 22.6 Å². The molecule has 0 unspecified atom stereocenters. The highest BCUT2D eigenvalue weighted by molar-refractivity contribution is 6.30. The van der Waals surface area contributed by atoms with Crippen molar-refractivity contribution in [2.45, 2.75) is 0 Å². The van der Waals surface area contributed by atoms with Crippen LogP contribution >= 0.6 is 11.6 Å². The van der Waals surface area contributed by atoms with Crippen LogP contribution in [0.15, 0.2) is 60.8 Å². The highest BCUT2D eigenvalue weighted by Gasteiger charge is 2.14. The number of hydrogen-bond donors (Lipinski definition) is 1. The van der Waals surface area contributed by atoms with E-state index in [0.717, 1.165) is 11.3 Å². The number of carboxylic acids is 1. The number of carboxylic acid groups (broad SMARTS) is 1. The first-order valence-electron chi connectivity index (χ1n) is 6.57. The Labute approximate surface area is 132 Å². The number of carbonyl (C=O) groups is 1. The zero-order valence-corrected chi connectivity index (χ0v) is 12.2. The summed E-state index contributed by atoms with van der Waals surface area (Å²) >= 11 is 5.89. The highest BCUT2D eigenvalue weighted by atomic mass is 35.5. The second-order valence-electron chi connectivity index (χ2n) is 4.62. The summed E-state index contributed by atoms with van der Waals surface area (Å²) in [4.78, 5) is 20.0. The Morgan fingerprint density at radius 2 is 1.68 bits per heavy atom. The monoisotopic (exact) mass is 310 g/mol. The number of hydrogen-bond acceptors (Lipinski definition) is 3. The van der Waals surface area contributed by atoms with Crippen molar-refractivity contribution in [2.24, 2.45) is 0 Å². The fraction of sp³-hybridized carbons (Fsp3) is 0. The maximum absolute atomic E-state index is 11.3. The standard InChI is InChI=1S/C17H11ClN2O2/c18-12-8-6-11(7-9-12)14-4-1-5-15(20-14)16-13(17(21)22)3-2-10-19-16/h1-10H,(H,21,22). The Kier molecular flexibility index (Phi) is 3.85. The molecule has 0 fully saturated rings. The average molecular weight is 311 g/mol. The van der Waals surface area contributed by atoms with Gasteiger partial charge in [0.25, 0.3) is 0 Å². The number of benzene rings is 1. The van der Waals surface area contributed by atoms with Crippen molar-refractivity contribution in [3.63, 3.8) is 0 Å². The normalized spacial score (nSPS) is 10.4. The van der Waals surface area contributed by atoms with Gasteiger partial charge in [0.05, 0.1) is 17.0 Å². The van der Waals surface area contributed by atoms with Gasteiger partial charge in [-0.2, -0.15) is 0 Å². The Morgan fingerprint density at radius 3 is 2.41 bits per heavy atom. The van der Waals surface area contributed by atoms with Crippen LogP contribution in [-0.2, 0) is 0 Å². The van der Waals surface area contributed by atoms with Gasteiger partial charge < -0.3 is 5.11 Å². The Hall–Kier alpha value is -2.72. The van der Waals surface area contributed by atoms with Crippen LogP contribution in [0.3, 0.4) is 0 Å². The Morgan fingerprint density at radius 1 is 0.955 bits per heavy atom. The number of pyridine rings is 2. The average Bonchev–Trinajstić information content (AvgIpc) is 2.55. The van der Waals surface area contributed by atoms with Crippen LogP contribution in [0, 0.1) is 0 Å². The van der Waals surface area contributed by atoms with Crippen molar-refractivity contribution in [1.29, 1.82) is 0 Å². The van der Waals surface area contributed by atoms with Crippen LogP contribution in [0.1, 0.15) is 10.4 Å². The third-order valence-electron chi connectivity index (χ3n) is 3.17. The Balaban J connectivity index is 2.09. The summed E-state index contributed by atoms with van der Waals surface area (Å²) in [6, 6.07) is 15.8. The van der Waals surface area contributed by atoms with E-state index in [-0.39, 0.29) is 5.56 Å². The number of aromatic carboxylic acids is 1. The quantitative estimate of drug-likeness (QED) is 0.789. The van der Waals surface area contributed by atoms with Gasteiger partial charge in [-0.25, -0.2) is 9.78 Å². The van der Waals surface area contributed by atoms with Crippen molar-refractivity contribution in [2.75, 3.05) is 0 Å². The third-order valence-corrected chi connectivity index (χ3v) is 3.42. The molecule has 0 aliphatic rings. The van der Waals surface area contributed by atoms with Gasteiger partial charge in [0, 0.05) is 16.8 Å². The van der Waals surface area contributed by atoms with Crippen LogP contribution in [0.5, 0.6) is 0 Å². The van der Waals surface area contributed by atoms with Gasteiger partial charge in [0.2, 0.25) is 0 Å². The lowest BCUT2D eigenvalue weighted by atomic mass is 10.1. The molecule has 0 spiro atoms. The number of rotatable bonds is 3. The molecular formula is C17H11ClN2O2. The van der Waals surface area contributed by atoms with Gasteiger partial charge in [-0.15, -0.1) is 0 Å². The zero-order chi connectivity index (χ0) is 15.5. The molecule has 0 aliphatic carbocycles. The fourth-order valence-corrected chi connectivity index (χ4v) is 2.26. The molecule has 0 aliphatic heterocycles. The lowest BCUT2D eigenvalue weighted by molar-refractivity contribution is 0.0697. The second-order valence-corrected chi connectivity index (χ2v) is 5.06. The van der Waals surface area contributed by atoms with Gasteiger partial charge in [-0.05, 0) is 36.4 Å². The maximum atomic E-state index is 11.3. The molecule has 2 heterocycles. The van der Waals surface area contributed by atoms with Crippen molar-refractivity contribution in [3.8, 4) is 22.6 Å². The molecule has 22 heavy (non-hydrogen) atoms. The minimum absolute atomic E-state index is 0.128. The highest BCUT2D eigenvalue weighted by Crippen LogP contribution is 2.24. The van der Waals surface area contributed by atoms with Gasteiger partial charge in [0.1, 0.15) is 5.69 Å². The first-order valence-corrected chi connectivity index (χ1v) is 6.94. The summed E-state index contributed by atoms with van der Waals surface area (Å²) < 4.78 is 0. The van der Waals surface area contributed by atoms with E-state index in [1.807, 2.05) is 24.3 Å².